The summed E-state index contributed by atoms with van der Waals surface area (Å²) in [6.07, 6.45) is 7.00. The lowest BCUT2D eigenvalue weighted by Crippen LogP contribution is -2.35. The molecule has 0 unspecified atom stereocenters. The van der Waals surface area contributed by atoms with E-state index in [4.69, 9.17) is 11.6 Å². The van der Waals surface area contributed by atoms with Gasteiger partial charge in [-0.2, -0.15) is 0 Å². The van der Waals surface area contributed by atoms with Crippen LogP contribution in [0.5, 0.6) is 0 Å². The molecule has 1 aromatic rings. The van der Waals surface area contributed by atoms with Crippen LogP contribution in [0, 0.1) is 5.82 Å². The summed E-state index contributed by atoms with van der Waals surface area (Å²) in [7, 11) is 0. The predicted octanol–water partition coefficient (Wildman–Crippen LogP) is 4.08. The minimum Gasteiger partial charge on any atom is -0.364 e. The van der Waals surface area contributed by atoms with Gasteiger partial charge in [0, 0.05) is 16.8 Å². The molecule has 0 amide bonds. The van der Waals surface area contributed by atoms with E-state index in [-0.39, 0.29) is 11.9 Å². The van der Waals surface area contributed by atoms with Crippen molar-refractivity contribution in [2.24, 2.45) is 0 Å². The molecule has 0 atom stereocenters. The molecule has 1 aromatic carbocycles. The van der Waals surface area contributed by atoms with Gasteiger partial charge in [0.05, 0.1) is 12.2 Å². The van der Waals surface area contributed by atoms with Crippen LogP contribution in [0.15, 0.2) is 42.2 Å². The Kier molecular flexibility index (Phi) is 4.48. The molecule has 2 nitrogen and oxygen atoms in total. The Morgan fingerprint density at radius 2 is 2.21 bits per heavy atom. The number of benzene rings is 1. The fraction of sp³-hybridized carbons (Fsp3) is 0.333. The lowest BCUT2D eigenvalue weighted by Gasteiger charge is -2.31. The second kappa shape index (κ2) is 6.11. The SMILES string of the molecule is CC(C)N(CC1=CCC=CN1)c1ccc(Cl)cc1F. The molecule has 1 N–H and O–H groups in total. The summed E-state index contributed by atoms with van der Waals surface area (Å²) in [6.45, 7) is 4.75. The average molecular weight is 281 g/mol. The zero-order valence-electron chi connectivity index (χ0n) is 11.2. The highest BCUT2D eigenvalue weighted by atomic mass is 35.5. The summed E-state index contributed by atoms with van der Waals surface area (Å²) >= 11 is 5.80. The van der Waals surface area contributed by atoms with Crippen LogP contribution in [0.4, 0.5) is 10.1 Å². The van der Waals surface area contributed by atoms with Crippen LogP contribution in [0.2, 0.25) is 5.02 Å². The molecular formula is C15H18ClFN2. The van der Waals surface area contributed by atoms with Crippen LogP contribution < -0.4 is 10.2 Å². The van der Waals surface area contributed by atoms with Crippen molar-refractivity contribution in [1.29, 1.82) is 0 Å². The maximum Gasteiger partial charge on any atom is 0.147 e. The van der Waals surface area contributed by atoms with Gasteiger partial charge in [-0.1, -0.05) is 23.8 Å². The quantitative estimate of drug-likeness (QED) is 0.894. The second-order valence-corrected chi connectivity index (χ2v) is 5.27. The molecule has 2 rings (SSSR count). The third kappa shape index (κ3) is 3.51. The number of hydrogen-bond acceptors (Lipinski definition) is 2. The molecule has 4 heteroatoms. The number of nitrogens with zero attached hydrogens (tertiary/aromatic N) is 1. The van der Waals surface area contributed by atoms with Crippen molar-refractivity contribution >= 4 is 17.3 Å². The van der Waals surface area contributed by atoms with Crippen LogP contribution >= 0.6 is 11.6 Å². The Balaban J connectivity index is 2.22. The predicted molar refractivity (Wildman–Crippen MR) is 78.9 cm³/mol. The number of halogens is 2. The standard InChI is InChI=1S/C15H18ClFN2/c1-11(2)19(10-13-5-3-4-8-18-13)15-7-6-12(16)9-14(15)17/h4-9,11,18H,3,10H2,1-2H3. The van der Waals surface area contributed by atoms with Crippen LogP contribution in [0.3, 0.4) is 0 Å². The number of dihydropyridines is 1. The van der Waals surface area contributed by atoms with Gasteiger partial charge in [0.2, 0.25) is 0 Å². The highest BCUT2D eigenvalue weighted by Crippen LogP contribution is 2.25. The van der Waals surface area contributed by atoms with Gasteiger partial charge in [-0.3, -0.25) is 0 Å². The fourth-order valence-corrected chi connectivity index (χ4v) is 2.22. The van der Waals surface area contributed by atoms with Crippen molar-refractivity contribution in [3.05, 3.63) is 53.1 Å². The Bertz CT molecular complexity index is 509. The molecule has 1 heterocycles. The van der Waals surface area contributed by atoms with E-state index in [2.05, 4.69) is 11.4 Å². The van der Waals surface area contributed by atoms with E-state index in [0.29, 0.717) is 17.3 Å². The molecule has 0 saturated carbocycles. The van der Waals surface area contributed by atoms with Gasteiger partial charge >= 0.3 is 0 Å². The molecule has 1 aliphatic rings. The van der Waals surface area contributed by atoms with E-state index in [1.165, 1.54) is 6.07 Å². The molecule has 0 aliphatic carbocycles. The van der Waals surface area contributed by atoms with Gasteiger partial charge in [0.1, 0.15) is 5.82 Å². The van der Waals surface area contributed by atoms with E-state index in [1.54, 1.807) is 12.1 Å². The largest absolute Gasteiger partial charge is 0.364 e. The van der Waals surface area contributed by atoms with Crippen molar-refractivity contribution in [2.75, 3.05) is 11.4 Å². The lowest BCUT2D eigenvalue weighted by atomic mass is 10.2. The summed E-state index contributed by atoms with van der Waals surface area (Å²) < 4.78 is 14.0. The number of anilines is 1. The zero-order chi connectivity index (χ0) is 13.8. The average Bonchev–Trinajstić information content (AvgIpc) is 2.38. The summed E-state index contributed by atoms with van der Waals surface area (Å²) in [5.41, 5.74) is 1.67. The highest BCUT2D eigenvalue weighted by molar-refractivity contribution is 6.30. The minimum absolute atomic E-state index is 0.198. The van der Waals surface area contributed by atoms with Gasteiger partial charge < -0.3 is 10.2 Å². The van der Waals surface area contributed by atoms with Crippen LogP contribution in [-0.4, -0.2) is 12.6 Å². The molecule has 0 aromatic heterocycles. The van der Waals surface area contributed by atoms with E-state index in [0.717, 1.165) is 12.1 Å². The normalized spacial score (nSPS) is 14.3. The van der Waals surface area contributed by atoms with Gasteiger partial charge in [-0.15, -0.1) is 0 Å². The molecule has 0 spiro atoms. The molecule has 102 valence electrons. The highest BCUT2D eigenvalue weighted by Gasteiger charge is 2.16. The van der Waals surface area contributed by atoms with Crippen molar-refractivity contribution < 1.29 is 4.39 Å². The molecular weight excluding hydrogens is 263 g/mol. The van der Waals surface area contributed by atoms with Crippen LogP contribution in [0.1, 0.15) is 20.3 Å². The maximum atomic E-state index is 14.0. The molecule has 0 fully saturated rings. The van der Waals surface area contributed by atoms with E-state index >= 15 is 0 Å². The Labute approximate surface area is 118 Å². The second-order valence-electron chi connectivity index (χ2n) is 4.83. The number of nitrogens with one attached hydrogen (secondary N) is 1. The molecule has 19 heavy (non-hydrogen) atoms. The van der Waals surface area contributed by atoms with Crippen molar-refractivity contribution in [3.63, 3.8) is 0 Å². The van der Waals surface area contributed by atoms with Crippen molar-refractivity contribution in [1.82, 2.24) is 5.32 Å². The fourth-order valence-electron chi connectivity index (χ4n) is 2.06. The van der Waals surface area contributed by atoms with Gasteiger partial charge in [0.15, 0.2) is 0 Å². The van der Waals surface area contributed by atoms with E-state index < -0.39 is 0 Å². The van der Waals surface area contributed by atoms with Gasteiger partial charge in [-0.05, 0) is 44.7 Å². The van der Waals surface area contributed by atoms with E-state index in [1.807, 2.05) is 31.0 Å². The summed E-state index contributed by atoms with van der Waals surface area (Å²) in [6, 6.07) is 5.01. The topological polar surface area (TPSA) is 15.3 Å². The third-order valence-electron chi connectivity index (χ3n) is 3.07. The van der Waals surface area contributed by atoms with Crippen LogP contribution in [-0.2, 0) is 0 Å². The number of allylic oxidation sites excluding steroid dienone is 2. The Morgan fingerprint density at radius 3 is 2.79 bits per heavy atom. The first-order valence-corrected chi connectivity index (χ1v) is 6.78. The first kappa shape index (κ1) is 13.9. The van der Waals surface area contributed by atoms with Crippen molar-refractivity contribution in [2.45, 2.75) is 26.3 Å². The van der Waals surface area contributed by atoms with Crippen LogP contribution in [0.25, 0.3) is 0 Å². The first-order chi connectivity index (χ1) is 9.08. The smallest absolute Gasteiger partial charge is 0.147 e. The van der Waals surface area contributed by atoms with Gasteiger partial charge in [-0.25, -0.2) is 4.39 Å². The molecule has 1 aliphatic heterocycles. The first-order valence-electron chi connectivity index (χ1n) is 6.40. The van der Waals surface area contributed by atoms with E-state index in [9.17, 15) is 4.39 Å². The van der Waals surface area contributed by atoms with Gasteiger partial charge in [0.25, 0.3) is 0 Å². The maximum absolute atomic E-state index is 14.0. The molecule has 0 radical (unpaired) electrons. The Hall–Kier alpha value is -1.48. The number of hydrogen-bond donors (Lipinski definition) is 1. The minimum atomic E-state index is -0.284. The number of rotatable bonds is 4. The zero-order valence-corrected chi connectivity index (χ0v) is 11.9. The summed E-state index contributed by atoms with van der Waals surface area (Å²) in [5, 5.41) is 3.61. The Morgan fingerprint density at radius 1 is 1.42 bits per heavy atom. The lowest BCUT2D eigenvalue weighted by molar-refractivity contribution is 0.604. The third-order valence-corrected chi connectivity index (χ3v) is 3.31. The summed E-state index contributed by atoms with van der Waals surface area (Å²) in [4.78, 5) is 2.02. The molecule has 0 saturated heterocycles. The monoisotopic (exact) mass is 280 g/mol. The van der Waals surface area contributed by atoms with Crippen molar-refractivity contribution in [3.8, 4) is 0 Å². The molecule has 0 bridgehead atoms. The summed E-state index contributed by atoms with van der Waals surface area (Å²) in [5.74, 6) is -0.284.